The highest BCUT2D eigenvalue weighted by Crippen LogP contribution is 2.21. The van der Waals surface area contributed by atoms with Gasteiger partial charge in [-0.25, -0.2) is 8.42 Å². The third-order valence-electron chi connectivity index (χ3n) is 4.20. The highest BCUT2D eigenvalue weighted by Gasteiger charge is 2.16. The number of aromatic nitrogens is 2. The van der Waals surface area contributed by atoms with Crippen molar-refractivity contribution in [1.29, 1.82) is 0 Å². The molecule has 3 aromatic rings. The van der Waals surface area contributed by atoms with Crippen molar-refractivity contribution in [2.24, 2.45) is 0 Å². The average molecular weight is 447 g/mol. The summed E-state index contributed by atoms with van der Waals surface area (Å²) in [5.41, 5.74) is 0.733. The first kappa shape index (κ1) is 21.7. The van der Waals surface area contributed by atoms with Crippen molar-refractivity contribution >= 4 is 38.1 Å². The van der Waals surface area contributed by atoms with Gasteiger partial charge in [0.25, 0.3) is 15.9 Å². The molecule has 0 radical (unpaired) electrons. The number of rotatable bonds is 9. The second-order valence-electron chi connectivity index (χ2n) is 6.42. The molecule has 0 bridgehead atoms. The molecule has 1 aromatic heterocycles. The summed E-state index contributed by atoms with van der Waals surface area (Å²) >= 11 is 1.34. The summed E-state index contributed by atoms with van der Waals surface area (Å²) in [6.45, 7) is 2.10. The molecule has 1 heterocycles. The Balaban J connectivity index is 1.65. The van der Waals surface area contributed by atoms with E-state index in [-0.39, 0.29) is 10.8 Å². The molecule has 0 saturated carbocycles. The fraction of sp³-hybridized carbons (Fsp3) is 0.250. The summed E-state index contributed by atoms with van der Waals surface area (Å²) < 4.78 is 32.7. The van der Waals surface area contributed by atoms with Crippen LogP contribution in [0.25, 0.3) is 0 Å². The van der Waals surface area contributed by atoms with Crippen LogP contribution in [0.4, 0.5) is 10.8 Å². The molecule has 10 heteroatoms. The summed E-state index contributed by atoms with van der Waals surface area (Å²) in [5.74, 6) is 0.251. The molecule has 0 atom stereocenters. The molecule has 0 aliphatic carbocycles. The van der Waals surface area contributed by atoms with Crippen LogP contribution in [-0.4, -0.2) is 31.6 Å². The van der Waals surface area contributed by atoms with E-state index in [0.717, 1.165) is 24.3 Å². The normalized spacial score (nSPS) is 11.1. The van der Waals surface area contributed by atoms with E-state index in [0.29, 0.717) is 22.1 Å². The number of anilines is 2. The smallest absolute Gasteiger partial charge is 0.261 e. The minimum Gasteiger partial charge on any atom is -0.497 e. The molecule has 2 aromatic carbocycles. The van der Waals surface area contributed by atoms with E-state index >= 15 is 0 Å². The highest BCUT2D eigenvalue weighted by atomic mass is 32.2. The van der Waals surface area contributed by atoms with Gasteiger partial charge in [-0.1, -0.05) is 24.7 Å². The molecule has 0 unspecified atom stereocenters. The van der Waals surface area contributed by atoms with E-state index in [1.165, 1.54) is 42.7 Å². The molecule has 0 saturated heterocycles. The zero-order valence-electron chi connectivity index (χ0n) is 16.6. The number of sulfonamides is 1. The molecule has 8 nitrogen and oxygen atoms in total. The minimum atomic E-state index is -3.78. The molecular weight excluding hydrogens is 424 g/mol. The van der Waals surface area contributed by atoms with Crippen molar-refractivity contribution in [1.82, 2.24) is 10.2 Å². The van der Waals surface area contributed by atoms with Crippen molar-refractivity contribution < 1.29 is 17.9 Å². The van der Waals surface area contributed by atoms with Crippen LogP contribution in [0.15, 0.2) is 53.4 Å². The highest BCUT2D eigenvalue weighted by molar-refractivity contribution is 7.92. The summed E-state index contributed by atoms with van der Waals surface area (Å²) in [5, 5.41) is 12.0. The van der Waals surface area contributed by atoms with Crippen molar-refractivity contribution in [2.45, 2.75) is 31.1 Å². The number of ether oxygens (including phenoxy) is 1. The van der Waals surface area contributed by atoms with Crippen molar-refractivity contribution in [2.75, 3.05) is 17.1 Å². The van der Waals surface area contributed by atoms with E-state index in [4.69, 9.17) is 4.74 Å². The second-order valence-corrected chi connectivity index (χ2v) is 9.16. The van der Waals surface area contributed by atoms with Gasteiger partial charge in [-0.15, -0.1) is 10.2 Å². The van der Waals surface area contributed by atoms with E-state index in [1.807, 2.05) is 0 Å². The first-order chi connectivity index (χ1) is 14.4. The van der Waals surface area contributed by atoms with E-state index < -0.39 is 10.0 Å². The SMILES string of the molecule is CCCCc1nnc(NC(=O)c2ccc(S(=O)(=O)Nc3ccc(OC)cc3)cc2)s1. The number of amides is 1. The third-order valence-corrected chi connectivity index (χ3v) is 6.50. The van der Waals surface area contributed by atoms with Gasteiger partial charge in [-0.2, -0.15) is 0 Å². The first-order valence-electron chi connectivity index (χ1n) is 9.32. The Hall–Kier alpha value is -2.98. The van der Waals surface area contributed by atoms with Crippen LogP contribution in [0.5, 0.6) is 5.75 Å². The van der Waals surface area contributed by atoms with Gasteiger partial charge in [0.15, 0.2) is 0 Å². The average Bonchev–Trinajstić information content (AvgIpc) is 3.19. The van der Waals surface area contributed by atoms with Crippen LogP contribution in [0.1, 0.15) is 35.1 Å². The Morgan fingerprint density at radius 2 is 1.77 bits per heavy atom. The number of carbonyl (C=O) groups is 1. The molecule has 0 fully saturated rings. The van der Waals surface area contributed by atoms with Crippen molar-refractivity contribution in [3.8, 4) is 5.75 Å². The van der Waals surface area contributed by atoms with Crippen LogP contribution in [-0.2, 0) is 16.4 Å². The molecular formula is C20H22N4O4S2. The maximum Gasteiger partial charge on any atom is 0.261 e. The van der Waals surface area contributed by atoms with E-state index in [2.05, 4.69) is 27.2 Å². The zero-order valence-corrected chi connectivity index (χ0v) is 18.2. The van der Waals surface area contributed by atoms with E-state index in [9.17, 15) is 13.2 Å². The van der Waals surface area contributed by atoms with Gasteiger partial charge in [-0.05, 0) is 55.0 Å². The third kappa shape index (κ3) is 5.55. The molecule has 1 amide bonds. The number of unbranched alkanes of at least 4 members (excludes halogenated alkanes) is 1. The summed E-state index contributed by atoms with van der Waals surface area (Å²) in [6.07, 6.45) is 2.91. The number of aryl methyl sites for hydroxylation is 1. The maximum atomic E-state index is 12.6. The fourth-order valence-corrected chi connectivity index (χ4v) is 4.40. The largest absolute Gasteiger partial charge is 0.497 e. The predicted octanol–water partition coefficient (Wildman–Crippen LogP) is 3.94. The summed E-state index contributed by atoms with van der Waals surface area (Å²) in [6, 6.07) is 12.2. The standard InChI is InChI=1S/C20H22N4O4S2/c1-3-4-5-18-22-23-20(29-18)21-19(25)14-6-12-17(13-7-14)30(26,27)24-15-8-10-16(28-2)11-9-15/h6-13,24H,3-5H2,1-2H3,(H,21,23,25). The van der Waals surface area contributed by atoms with Gasteiger partial charge in [0.2, 0.25) is 5.13 Å². The lowest BCUT2D eigenvalue weighted by atomic mass is 10.2. The lowest BCUT2D eigenvalue weighted by Crippen LogP contribution is -2.14. The van der Waals surface area contributed by atoms with Gasteiger partial charge in [0, 0.05) is 17.7 Å². The lowest BCUT2D eigenvalue weighted by molar-refractivity contribution is 0.102. The Morgan fingerprint density at radius 1 is 1.07 bits per heavy atom. The monoisotopic (exact) mass is 446 g/mol. The van der Waals surface area contributed by atoms with Gasteiger partial charge >= 0.3 is 0 Å². The quantitative estimate of drug-likeness (QED) is 0.515. The number of nitrogens with zero attached hydrogens (tertiary/aromatic N) is 2. The number of nitrogens with one attached hydrogen (secondary N) is 2. The maximum absolute atomic E-state index is 12.6. The minimum absolute atomic E-state index is 0.0487. The molecule has 30 heavy (non-hydrogen) atoms. The Morgan fingerprint density at radius 3 is 2.40 bits per heavy atom. The van der Waals surface area contributed by atoms with Crippen molar-refractivity contribution in [3.63, 3.8) is 0 Å². The number of benzene rings is 2. The van der Waals surface area contributed by atoms with Crippen LogP contribution in [0.3, 0.4) is 0 Å². The fourth-order valence-electron chi connectivity index (χ4n) is 2.56. The predicted molar refractivity (Wildman–Crippen MR) is 117 cm³/mol. The zero-order chi connectivity index (χ0) is 21.6. The lowest BCUT2D eigenvalue weighted by Gasteiger charge is -2.09. The summed E-state index contributed by atoms with van der Waals surface area (Å²) in [7, 11) is -2.25. The molecule has 0 aliphatic heterocycles. The molecule has 2 N–H and O–H groups in total. The van der Waals surface area contributed by atoms with E-state index in [1.54, 1.807) is 24.3 Å². The van der Waals surface area contributed by atoms with Gasteiger partial charge in [-0.3, -0.25) is 14.8 Å². The Kier molecular flexibility index (Phi) is 7.01. The second kappa shape index (κ2) is 9.68. The van der Waals surface area contributed by atoms with Gasteiger partial charge in [0.1, 0.15) is 10.8 Å². The number of methoxy groups -OCH3 is 1. The van der Waals surface area contributed by atoms with Crippen LogP contribution in [0, 0.1) is 0 Å². The number of carbonyl (C=O) groups excluding carboxylic acids is 1. The first-order valence-corrected chi connectivity index (χ1v) is 11.6. The molecule has 3 rings (SSSR count). The number of hydrogen-bond acceptors (Lipinski definition) is 7. The van der Waals surface area contributed by atoms with Crippen LogP contribution in [0.2, 0.25) is 0 Å². The van der Waals surface area contributed by atoms with Gasteiger partial charge < -0.3 is 4.74 Å². The topological polar surface area (TPSA) is 110 Å². The van der Waals surface area contributed by atoms with Crippen LogP contribution >= 0.6 is 11.3 Å². The Bertz CT molecular complexity index is 1090. The number of hydrogen-bond donors (Lipinski definition) is 2. The Labute approximate surface area is 179 Å². The molecule has 0 aliphatic rings. The molecule has 0 spiro atoms. The van der Waals surface area contributed by atoms with Crippen molar-refractivity contribution in [3.05, 3.63) is 59.1 Å². The van der Waals surface area contributed by atoms with Crippen LogP contribution < -0.4 is 14.8 Å². The van der Waals surface area contributed by atoms with Gasteiger partial charge in [0.05, 0.1) is 12.0 Å². The molecule has 158 valence electrons. The summed E-state index contributed by atoms with van der Waals surface area (Å²) in [4.78, 5) is 12.4.